The number of aliphatic hydroxyl groups excluding tert-OH is 2. The highest BCUT2D eigenvalue weighted by Crippen LogP contribution is 2.51. The molecule has 3 fully saturated rings. The number of aliphatic hydroxyl groups is 3. The fourth-order valence-electron chi connectivity index (χ4n) is 9.26. The number of fused-ring (bicyclic) bond motifs is 1. The van der Waals surface area contributed by atoms with Crippen molar-refractivity contribution in [2.24, 2.45) is 34.5 Å². The molecule has 1 aliphatic heterocycles. The van der Waals surface area contributed by atoms with Gasteiger partial charge >= 0.3 is 11.9 Å². The number of aliphatic carboxylic acids is 2. The van der Waals surface area contributed by atoms with E-state index in [4.69, 9.17) is 14.9 Å². The summed E-state index contributed by atoms with van der Waals surface area (Å²) in [5.74, 6) is -1.90. The first-order valence-electron chi connectivity index (χ1n) is 21.6. The van der Waals surface area contributed by atoms with Gasteiger partial charge in [-0.2, -0.15) is 0 Å². The maximum atomic E-state index is 12.6. The number of carboxylic acids is 2. The van der Waals surface area contributed by atoms with Crippen molar-refractivity contribution in [2.45, 2.75) is 220 Å². The van der Waals surface area contributed by atoms with Gasteiger partial charge < -0.3 is 30.3 Å². The highest BCUT2D eigenvalue weighted by Gasteiger charge is 2.54. The monoisotopic (exact) mass is 767 g/mol. The Hall–Kier alpha value is -1.88. The van der Waals surface area contributed by atoms with Crippen molar-refractivity contribution in [2.75, 3.05) is 0 Å². The predicted molar refractivity (Wildman–Crippen MR) is 211 cm³/mol. The van der Waals surface area contributed by atoms with Crippen molar-refractivity contribution in [3.63, 3.8) is 0 Å². The molecule has 5 N–H and O–H groups in total. The maximum Gasteiger partial charge on any atom is 0.303 e. The number of hydrogen-bond acceptors (Lipinski definition) is 8. The number of Topliss-reactive ketones (excluding diaryl/α,β-unsaturated/α-hetero) is 2. The molecule has 0 amide bonds. The number of rotatable bonds is 25. The lowest BCUT2D eigenvalue weighted by molar-refractivity contribution is -0.316. The molecule has 1 unspecified atom stereocenters. The smallest absolute Gasteiger partial charge is 0.303 e. The minimum absolute atomic E-state index is 0.0448. The fourth-order valence-corrected chi connectivity index (χ4v) is 9.26. The fraction of sp³-hybridized carbons (Fsp3) is 0.909. The van der Waals surface area contributed by atoms with E-state index in [1.807, 2.05) is 13.8 Å². The van der Waals surface area contributed by atoms with Crippen molar-refractivity contribution >= 4 is 23.5 Å². The average molecular weight is 767 g/mol. The zero-order chi connectivity index (χ0) is 40.5. The van der Waals surface area contributed by atoms with Gasteiger partial charge in [0.25, 0.3) is 0 Å². The van der Waals surface area contributed by atoms with Crippen molar-refractivity contribution in [3.8, 4) is 0 Å². The van der Waals surface area contributed by atoms with Gasteiger partial charge in [-0.3, -0.25) is 19.2 Å². The van der Waals surface area contributed by atoms with Crippen molar-refractivity contribution in [1.29, 1.82) is 0 Å². The van der Waals surface area contributed by atoms with E-state index < -0.39 is 23.8 Å². The number of ketones is 2. The molecule has 2 aliphatic carbocycles. The molecule has 1 saturated heterocycles. The second-order valence-electron chi connectivity index (χ2n) is 18.2. The van der Waals surface area contributed by atoms with Crippen LogP contribution >= 0.6 is 0 Å². The van der Waals surface area contributed by atoms with E-state index in [1.165, 1.54) is 0 Å². The van der Waals surface area contributed by atoms with Crippen LogP contribution in [0.2, 0.25) is 0 Å². The second-order valence-corrected chi connectivity index (χ2v) is 18.2. The third-order valence-electron chi connectivity index (χ3n) is 13.2. The van der Waals surface area contributed by atoms with Crippen LogP contribution in [0, 0.1) is 34.5 Å². The lowest BCUT2D eigenvalue weighted by Crippen LogP contribution is -2.53. The first kappa shape index (κ1) is 48.3. The van der Waals surface area contributed by atoms with E-state index in [2.05, 4.69) is 27.7 Å². The Morgan fingerprint density at radius 1 is 0.722 bits per heavy atom. The average Bonchev–Trinajstić information content (AvgIpc) is 3.55. The molecule has 0 aromatic heterocycles. The molecule has 2 saturated carbocycles. The molecule has 3 aliphatic rings. The number of carboxylic acid groups (broad SMARTS) is 2. The van der Waals surface area contributed by atoms with Gasteiger partial charge in [0.1, 0.15) is 11.6 Å². The molecule has 0 aromatic carbocycles. The van der Waals surface area contributed by atoms with Gasteiger partial charge in [0.05, 0.1) is 18.3 Å². The Morgan fingerprint density at radius 3 is 1.85 bits per heavy atom. The van der Waals surface area contributed by atoms with Crippen LogP contribution in [-0.4, -0.2) is 73.1 Å². The number of carbonyl (C=O) groups is 4. The molecule has 10 nitrogen and oxygen atoms in total. The van der Waals surface area contributed by atoms with E-state index in [0.717, 1.165) is 103 Å². The highest BCUT2D eigenvalue weighted by molar-refractivity contribution is 5.85. The van der Waals surface area contributed by atoms with Gasteiger partial charge in [-0.15, -0.1) is 0 Å². The normalized spacial score (nSPS) is 28.4. The van der Waals surface area contributed by atoms with Gasteiger partial charge in [0.15, 0.2) is 5.79 Å². The SMILES string of the molecule is CCCCC(C)(C)C(=O)CC[C@H]1[C@H](O)CC(=O)[C@@H]1CCCCCCC(=O)O.CCCCC(C)(C)C1(O)CC[C@@H]2[C@@H](CCCCCCC(=O)O)[C@H](O)C[C@H]2O1. The zero-order valence-electron chi connectivity index (χ0n) is 34.8. The van der Waals surface area contributed by atoms with Crippen LogP contribution in [-0.2, 0) is 23.9 Å². The molecule has 54 heavy (non-hydrogen) atoms. The van der Waals surface area contributed by atoms with E-state index in [9.17, 15) is 34.5 Å². The largest absolute Gasteiger partial charge is 0.481 e. The topological polar surface area (TPSA) is 179 Å². The Balaban J connectivity index is 0.000000373. The molecule has 314 valence electrons. The molecule has 10 heteroatoms. The van der Waals surface area contributed by atoms with Crippen molar-refractivity contribution in [1.82, 2.24) is 0 Å². The minimum atomic E-state index is -1.09. The van der Waals surface area contributed by atoms with Crippen LogP contribution in [0.15, 0.2) is 0 Å². The molecule has 0 aromatic rings. The van der Waals surface area contributed by atoms with Crippen molar-refractivity contribution in [3.05, 3.63) is 0 Å². The molecule has 0 radical (unpaired) electrons. The molecule has 3 rings (SSSR count). The summed E-state index contributed by atoms with van der Waals surface area (Å²) in [5, 5.41) is 49.4. The van der Waals surface area contributed by atoms with Gasteiger partial charge in [0, 0.05) is 55.3 Å². The van der Waals surface area contributed by atoms with E-state index in [0.29, 0.717) is 38.0 Å². The number of carbonyl (C=O) groups excluding carboxylic acids is 2. The summed E-state index contributed by atoms with van der Waals surface area (Å²) in [4.78, 5) is 45.9. The summed E-state index contributed by atoms with van der Waals surface area (Å²) in [6, 6.07) is 0. The summed E-state index contributed by atoms with van der Waals surface area (Å²) < 4.78 is 6.26. The highest BCUT2D eigenvalue weighted by atomic mass is 16.6. The molecule has 1 heterocycles. The first-order valence-corrected chi connectivity index (χ1v) is 21.6. The third kappa shape index (κ3) is 15.2. The number of hydrogen-bond donors (Lipinski definition) is 5. The summed E-state index contributed by atoms with van der Waals surface area (Å²) in [5.41, 5.74) is -0.607. The molecular weight excluding hydrogens is 688 g/mol. The first-order chi connectivity index (χ1) is 25.4. The third-order valence-corrected chi connectivity index (χ3v) is 13.2. The quantitative estimate of drug-likeness (QED) is 0.0563. The predicted octanol–water partition coefficient (Wildman–Crippen LogP) is 9.04. The summed E-state index contributed by atoms with van der Waals surface area (Å²) >= 11 is 0. The maximum absolute atomic E-state index is 12.6. The van der Waals surface area contributed by atoms with E-state index >= 15 is 0 Å². The summed E-state index contributed by atoms with van der Waals surface area (Å²) in [6.07, 6.45) is 17.7. The van der Waals surface area contributed by atoms with Crippen LogP contribution in [0.1, 0.15) is 196 Å². The van der Waals surface area contributed by atoms with Crippen molar-refractivity contribution < 1.29 is 49.4 Å². The van der Waals surface area contributed by atoms with Gasteiger partial charge in [-0.1, -0.05) is 106 Å². The van der Waals surface area contributed by atoms with Gasteiger partial charge in [-0.05, 0) is 69.1 Å². The Bertz CT molecular complexity index is 1150. The molecular formula is C44H78O10. The molecule has 0 spiro atoms. The Morgan fingerprint density at radius 2 is 1.28 bits per heavy atom. The second kappa shape index (κ2) is 23.4. The van der Waals surface area contributed by atoms with Crippen LogP contribution in [0.4, 0.5) is 0 Å². The standard InChI is InChI=1S/C22H40O5.C22H38O5/c1-4-5-13-21(2,3)22(26)14-12-17-16(18(23)15-19(17)27-22)10-8-6-7-9-11-20(24)25;1-4-5-14-22(2,3)20(25)13-12-17-16(18(23)15-19(17)24)10-8-6-7-9-11-21(26)27/h16-19,23,26H,4-15H2,1-3H3,(H,24,25);16-17,19,24H,4-15H2,1-3H3,(H,26,27)/t16-,17-,18-,19-,22?;16-,17-,19-/m11/s1. The molecule has 8 atom stereocenters. The van der Waals surface area contributed by atoms with Crippen LogP contribution in [0.5, 0.6) is 0 Å². The lowest BCUT2D eigenvalue weighted by Gasteiger charge is -2.49. The number of unbranched alkanes of at least 4 members (excludes halogenated alkanes) is 8. The lowest BCUT2D eigenvalue weighted by atomic mass is 9.72. The van der Waals surface area contributed by atoms with Crippen LogP contribution < -0.4 is 0 Å². The van der Waals surface area contributed by atoms with E-state index in [-0.39, 0.29) is 71.6 Å². The van der Waals surface area contributed by atoms with Crippen LogP contribution in [0.3, 0.4) is 0 Å². The van der Waals surface area contributed by atoms with Gasteiger partial charge in [-0.25, -0.2) is 0 Å². The summed E-state index contributed by atoms with van der Waals surface area (Å²) in [7, 11) is 0. The van der Waals surface area contributed by atoms with Gasteiger partial charge in [0.2, 0.25) is 0 Å². The minimum Gasteiger partial charge on any atom is -0.481 e. The number of ether oxygens (including phenoxy) is 1. The Kier molecular flexibility index (Phi) is 20.9. The summed E-state index contributed by atoms with van der Waals surface area (Å²) in [6.45, 7) is 12.5. The molecule has 0 bridgehead atoms. The Labute approximate surface area is 326 Å². The van der Waals surface area contributed by atoms with E-state index in [1.54, 1.807) is 0 Å². The zero-order valence-corrected chi connectivity index (χ0v) is 34.8. The van der Waals surface area contributed by atoms with Crippen LogP contribution in [0.25, 0.3) is 0 Å².